The molecule has 0 aliphatic carbocycles. The molecule has 0 unspecified atom stereocenters. The first-order valence-electron chi connectivity index (χ1n) is 5.23. The third-order valence-electron chi connectivity index (χ3n) is 2.77. The number of piperidine rings is 1. The quantitative estimate of drug-likeness (QED) is 0.560. The zero-order valence-electron chi connectivity index (χ0n) is 8.91. The molecule has 0 spiro atoms. The van der Waals surface area contributed by atoms with Crippen molar-refractivity contribution in [2.45, 2.75) is 12.8 Å². The summed E-state index contributed by atoms with van der Waals surface area (Å²) in [6, 6.07) is 9.27. The second kappa shape index (κ2) is 6.10. The largest absolute Gasteiger partial charge is 1.00 e. The Kier molecular flexibility index (Phi) is 5.08. The summed E-state index contributed by atoms with van der Waals surface area (Å²) in [7, 11) is 0. The van der Waals surface area contributed by atoms with E-state index in [0.29, 0.717) is 25.9 Å². The maximum absolute atomic E-state index is 12.0. The SMILES string of the molecule is O=C1CC[NH+](C(=O)c2ccccc2)CC1.[I-]. The van der Waals surface area contributed by atoms with Crippen molar-refractivity contribution in [2.24, 2.45) is 0 Å². The Balaban J connectivity index is 0.00000128. The molecule has 1 N–H and O–H groups in total. The molecule has 0 aromatic heterocycles. The topological polar surface area (TPSA) is 38.6 Å². The van der Waals surface area contributed by atoms with E-state index < -0.39 is 0 Å². The molecule has 0 atom stereocenters. The predicted molar refractivity (Wildman–Crippen MR) is 55.7 cm³/mol. The number of nitrogens with one attached hydrogen (secondary N) is 1. The molecule has 1 amide bonds. The van der Waals surface area contributed by atoms with Gasteiger partial charge in [0.2, 0.25) is 0 Å². The molecule has 0 saturated carbocycles. The Morgan fingerprint density at radius 2 is 1.62 bits per heavy atom. The van der Waals surface area contributed by atoms with Crippen LogP contribution in [0.25, 0.3) is 0 Å². The molecule has 2 rings (SSSR count). The maximum atomic E-state index is 12.0. The van der Waals surface area contributed by atoms with E-state index in [1.165, 1.54) is 0 Å². The first kappa shape index (κ1) is 13.3. The van der Waals surface area contributed by atoms with Crippen LogP contribution in [0.3, 0.4) is 0 Å². The van der Waals surface area contributed by atoms with Crippen molar-refractivity contribution < 1.29 is 38.5 Å². The monoisotopic (exact) mass is 331 g/mol. The van der Waals surface area contributed by atoms with Gasteiger partial charge in [-0.15, -0.1) is 0 Å². The molecule has 0 radical (unpaired) electrons. The van der Waals surface area contributed by atoms with Crippen LogP contribution in [0.1, 0.15) is 23.2 Å². The van der Waals surface area contributed by atoms with Crippen molar-refractivity contribution in [1.82, 2.24) is 0 Å². The molecule has 1 fully saturated rings. The number of amides is 1. The van der Waals surface area contributed by atoms with E-state index in [2.05, 4.69) is 0 Å². The van der Waals surface area contributed by atoms with E-state index in [4.69, 9.17) is 0 Å². The molecule has 3 nitrogen and oxygen atoms in total. The van der Waals surface area contributed by atoms with Crippen molar-refractivity contribution in [3.63, 3.8) is 0 Å². The van der Waals surface area contributed by atoms with Crippen LogP contribution in [0.5, 0.6) is 0 Å². The number of carbonyl (C=O) groups is 2. The summed E-state index contributed by atoms with van der Waals surface area (Å²) in [4.78, 5) is 23.9. The highest BCUT2D eigenvalue weighted by molar-refractivity contribution is 5.88. The lowest BCUT2D eigenvalue weighted by Crippen LogP contribution is -3.15. The lowest BCUT2D eigenvalue weighted by Gasteiger charge is -2.20. The standard InChI is InChI=1S/C12H13NO2.HI/c14-11-6-8-13(9-7-11)12(15)10-4-2-1-3-5-10;/h1-5H,6-9H2;1H. The van der Waals surface area contributed by atoms with Gasteiger partial charge in [0.1, 0.15) is 5.78 Å². The van der Waals surface area contributed by atoms with E-state index in [9.17, 15) is 9.59 Å². The first-order chi connectivity index (χ1) is 7.27. The molecular weight excluding hydrogens is 317 g/mol. The van der Waals surface area contributed by atoms with Crippen LogP contribution in [0.2, 0.25) is 0 Å². The summed E-state index contributed by atoms with van der Waals surface area (Å²) in [5.41, 5.74) is 0.738. The summed E-state index contributed by atoms with van der Waals surface area (Å²) < 4.78 is 0. The number of carbonyl (C=O) groups excluding carboxylic acids is 2. The second-order valence-corrected chi connectivity index (χ2v) is 3.84. The molecule has 16 heavy (non-hydrogen) atoms. The van der Waals surface area contributed by atoms with Gasteiger partial charge in [-0.1, -0.05) is 18.2 Å². The van der Waals surface area contributed by atoms with Crippen LogP contribution in [0.4, 0.5) is 0 Å². The molecule has 0 bridgehead atoms. The van der Waals surface area contributed by atoms with Gasteiger partial charge in [0.15, 0.2) is 0 Å². The lowest BCUT2D eigenvalue weighted by molar-refractivity contribution is -0.815. The van der Waals surface area contributed by atoms with Gasteiger partial charge in [-0.05, 0) is 12.1 Å². The Morgan fingerprint density at radius 1 is 1.06 bits per heavy atom. The first-order valence-corrected chi connectivity index (χ1v) is 5.23. The summed E-state index contributed by atoms with van der Waals surface area (Å²) in [6.07, 6.45) is 1.07. The van der Waals surface area contributed by atoms with Gasteiger partial charge in [-0.3, -0.25) is 9.69 Å². The fourth-order valence-corrected chi connectivity index (χ4v) is 1.85. The van der Waals surface area contributed by atoms with Crippen LogP contribution >= 0.6 is 0 Å². The minimum absolute atomic E-state index is 0. The normalized spacial score (nSPS) is 16.6. The highest BCUT2D eigenvalue weighted by Gasteiger charge is 2.26. The van der Waals surface area contributed by atoms with E-state index in [1.54, 1.807) is 0 Å². The van der Waals surface area contributed by atoms with Crippen LogP contribution in [-0.2, 0) is 4.79 Å². The molecule has 1 aliphatic rings. The van der Waals surface area contributed by atoms with Gasteiger partial charge in [0.25, 0.3) is 0 Å². The molecule has 1 saturated heterocycles. The summed E-state index contributed by atoms with van der Waals surface area (Å²) in [5.74, 6) is 0.391. The molecular formula is C12H14INO2. The van der Waals surface area contributed by atoms with Crippen LogP contribution in [0, 0.1) is 0 Å². The van der Waals surface area contributed by atoms with Crippen LogP contribution in [0.15, 0.2) is 30.3 Å². The Morgan fingerprint density at radius 3 is 2.19 bits per heavy atom. The smallest absolute Gasteiger partial charge is 0.344 e. The highest BCUT2D eigenvalue weighted by Crippen LogP contribution is 1.97. The van der Waals surface area contributed by atoms with Crippen molar-refractivity contribution in [3.05, 3.63) is 35.9 Å². The Bertz CT molecular complexity index is 368. The summed E-state index contributed by atoms with van der Waals surface area (Å²) in [5, 5.41) is 0. The second-order valence-electron chi connectivity index (χ2n) is 3.84. The fourth-order valence-electron chi connectivity index (χ4n) is 1.85. The average molecular weight is 331 g/mol. The predicted octanol–water partition coefficient (Wildman–Crippen LogP) is -2.92. The van der Waals surface area contributed by atoms with Crippen molar-refractivity contribution in [3.8, 4) is 0 Å². The number of benzene rings is 1. The Labute approximate surface area is 112 Å². The summed E-state index contributed by atoms with van der Waals surface area (Å²) >= 11 is 0. The number of halogens is 1. The van der Waals surface area contributed by atoms with Gasteiger partial charge in [0, 0.05) is 0 Å². The molecule has 1 aromatic rings. The number of Topliss-reactive ketones (excluding diaryl/α,β-unsaturated/α-hetero) is 1. The average Bonchev–Trinajstić information content (AvgIpc) is 2.30. The number of likely N-dealkylation sites (tertiary alicyclic amines) is 1. The van der Waals surface area contributed by atoms with E-state index in [0.717, 1.165) is 10.5 Å². The van der Waals surface area contributed by atoms with Crippen molar-refractivity contribution >= 4 is 11.7 Å². The minimum atomic E-state index is 0. The van der Waals surface area contributed by atoms with Gasteiger partial charge < -0.3 is 24.0 Å². The molecule has 1 aromatic carbocycles. The van der Waals surface area contributed by atoms with Crippen molar-refractivity contribution in [2.75, 3.05) is 13.1 Å². The molecule has 1 heterocycles. The van der Waals surface area contributed by atoms with Crippen molar-refractivity contribution in [1.29, 1.82) is 0 Å². The number of hydrogen-bond acceptors (Lipinski definition) is 2. The number of rotatable bonds is 1. The van der Waals surface area contributed by atoms with Gasteiger partial charge in [-0.2, -0.15) is 0 Å². The molecule has 4 heteroatoms. The van der Waals surface area contributed by atoms with Gasteiger partial charge in [0.05, 0.1) is 31.5 Å². The zero-order valence-corrected chi connectivity index (χ0v) is 11.1. The summed E-state index contributed by atoms with van der Waals surface area (Å²) in [6.45, 7) is 1.29. The minimum Gasteiger partial charge on any atom is -1.00 e. The van der Waals surface area contributed by atoms with Gasteiger partial charge >= 0.3 is 5.91 Å². The lowest BCUT2D eigenvalue weighted by atomic mass is 10.1. The number of hydrogen-bond donors (Lipinski definition) is 1. The van der Waals surface area contributed by atoms with Gasteiger partial charge in [-0.25, -0.2) is 4.79 Å². The number of ketones is 1. The molecule has 1 aliphatic heterocycles. The van der Waals surface area contributed by atoms with Crippen LogP contribution < -0.4 is 28.9 Å². The maximum Gasteiger partial charge on any atom is 0.344 e. The third-order valence-corrected chi connectivity index (χ3v) is 2.77. The van der Waals surface area contributed by atoms with E-state index >= 15 is 0 Å². The fraction of sp³-hybridized carbons (Fsp3) is 0.333. The number of quaternary nitrogens is 1. The zero-order chi connectivity index (χ0) is 10.7. The third kappa shape index (κ3) is 3.12. The Hall–Kier alpha value is -0.750. The van der Waals surface area contributed by atoms with Crippen LogP contribution in [-0.4, -0.2) is 24.8 Å². The van der Waals surface area contributed by atoms with E-state index in [-0.39, 0.29) is 35.7 Å². The molecule has 86 valence electrons. The van der Waals surface area contributed by atoms with E-state index in [1.807, 2.05) is 30.3 Å². The highest BCUT2D eigenvalue weighted by atomic mass is 127.